The van der Waals surface area contributed by atoms with Crippen LogP contribution in [0.2, 0.25) is 0 Å². The molecule has 1 heterocycles. The molecular formula is C12H21NO. The topological polar surface area (TPSA) is 25.2 Å². The maximum absolute atomic E-state index is 5.31. The first-order valence-corrected chi connectivity index (χ1v) is 5.23. The fourth-order valence-electron chi connectivity index (χ4n) is 1.75. The predicted molar refractivity (Wildman–Crippen MR) is 59.3 cm³/mol. The van der Waals surface area contributed by atoms with Gasteiger partial charge in [0.15, 0.2) is 0 Å². The Labute approximate surface area is 86.7 Å². The average molecular weight is 195 g/mol. The Hall–Kier alpha value is -0.760. The fourth-order valence-corrected chi connectivity index (χ4v) is 1.75. The number of aryl methyl sites for hydroxylation is 1. The predicted octanol–water partition coefficient (Wildman–Crippen LogP) is 2.85. The summed E-state index contributed by atoms with van der Waals surface area (Å²) in [6, 6.07) is 4.52. The smallest absolute Gasteiger partial charge is 0.103 e. The van der Waals surface area contributed by atoms with E-state index in [1.165, 1.54) is 0 Å². The molecule has 1 atom stereocenters. The SMILES string of the molecule is CNC(CCc1ccco1)C(C)(C)C. The van der Waals surface area contributed by atoms with Gasteiger partial charge in [-0.15, -0.1) is 0 Å². The van der Waals surface area contributed by atoms with Crippen LogP contribution in [0.3, 0.4) is 0 Å². The Bertz CT molecular complexity index is 246. The van der Waals surface area contributed by atoms with Crippen LogP contribution < -0.4 is 5.32 Å². The number of nitrogens with one attached hydrogen (secondary N) is 1. The van der Waals surface area contributed by atoms with Gasteiger partial charge >= 0.3 is 0 Å². The van der Waals surface area contributed by atoms with Crippen molar-refractivity contribution in [1.82, 2.24) is 5.32 Å². The maximum Gasteiger partial charge on any atom is 0.103 e. The van der Waals surface area contributed by atoms with Crippen molar-refractivity contribution in [3.8, 4) is 0 Å². The molecule has 0 amide bonds. The van der Waals surface area contributed by atoms with Crippen molar-refractivity contribution in [2.45, 2.75) is 39.7 Å². The molecule has 0 fully saturated rings. The van der Waals surface area contributed by atoms with Gasteiger partial charge in [-0.05, 0) is 31.0 Å². The van der Waals surface area contributed by atoms with Gasteiger partial charge in [-0.3, -0.25) is 0 Å². The fraction of sp³-hybridized carbons (Fsp3) is 0.667. The molecule has 80 valence electrons. The Morgan fingerprint density at radius 1 is 1.43 bits per heavy atom. The molecule has 1 aromatic rings. The van der Waals surface area contributed by atoms with Crippen molar-refractivity contribution in [2.24, 2.45) is 5.41 Å². The Kier molecular flexibility index (Phi) is 3.76. The molecule has 0 aliphatic heterocycles. The van der Waals surface area contributed by atoms with Gasteiger partial charge in [0.05, 0.1) is 6.26 Å². The van der Waals surface area contributed by atoms with Gasteiger partial charge in [0.1, 0.15) is 5.76 Å². The molecule has 1 rings (SSSR count). The molecule has 14 heavy (non-hydrogen) atoms. The molecule has 0 aromatic carbocycles. The van der Waals surface area contributed by atoms with Gasteiger partial charge in [0.2, 0.25) is 0 Å². The summed E-state index contributed by atoms with van der Waals surface area (Å²) in [5, 5.41) is 3.36. The van der Waals surface area contributed by atoms with E-state index in [2.05, 4.69) is 26.1 Å². The van der Waals surface area contributed by atoms with E-state index in [1.807, 2.05) is 19.2 Å². The van der Waals surface area contributed by atoms with Crippen LogP contribution in [0.1, 0.15) is 33.0 Å². The highest BCUT2D eigenvalue weighted by atomic mass is 16.3. The second kappa shape index (κ2) is 4.65. The first-order valence-electron chi connectivity index (χ1n) is 5.23. The summed E-state index contributed by atoms with van der Waals surface area (Å²) < 4.78 is 5.31. The summed E-state index contributed by atoms with van der Waals surface area (Å²) in [5.74, 6) is 1.08. The van der Waals surface area contributed by atoms with E-state index in [1.54, 1.807) is 6.26 Å². The zero-order chi connectivity index (χ0) is 10.6. The Morgan fingerprint density at radius 2 is 2.14 bits per heavy atom. The minimum absolute atomic E-state index is 0.307. The highest BCUT2D eigenvalue weighted by molar-refractivity contribution is 4.99. The number of rotatable bonds is 4. The van der Waals surface area contributed by atoms with E-state index in [0.717, 1.165) is 18.6 Å². The second-order valence-electron chi connectivity index (χ2n) is 4.83. The highest BCUT2D eigenvalue weighted by Gasteiger charge is 2.22. The van der Waals surface area contributed by atoms with E-state index < -0.39 is 0 Å². The van der Waals surface area contributed by atoms with E-state index in [0.29, 0.717) is 11.5 Å². The van der Waals surface area contributed by atoms with Crippen molar-refractivity contribution >= 4 is 0 Å². The summed E-state index contributed by atoms with van der Waals surface area (Å²) in [5.41, 5.74) is 0.307. The largest absolute Gasteiger partial charge is 0.469 e. The van der Waals surface area contributed by atoms with Crippen LogP contribution in [0.15, 0.2) is 22.8 Å². The molecule has 0 saturated heterocycles. The lowest BCUT2D eigenvalue weighted by Crippen LogP contribution is -2.38. The average Bonchev–Trinajstić information content (AvgIpc) is 2.55. The molecule has 0 aliphatic rings. The molecule has 1 N–H and O–H groups in total. The minimum Gasteiger partial charge on any atom is -0.469 e. The molecule has 0 radical (unpaired) electrons. The van der Waals surface area contributed by atoms with Crippen molar-refractivity contribution in [3.63, 3.8) is 0 Å². The van der Waals surface area contributed by atoms with Gasteiger partial charge in [-0.25, -0.2) is 0 Å². The summed E-state index contributed by atoms with van der Waals surface area (Å²) in [6.07, 6.45) is 3.87. The first-order chi connectivity index (χ1) is 6.54. The monoisotopic (exact) mass is 195 g/mol. The molecule has 1 unspecified atom stereocenters. The van der Waals surface area contributed by atoms with E-state index in [-0.39, 0.29) is 0 Å². The van der Waals surface area contributed by atoms with Crippen LogP contribution in [0.5, 0.6) is 0 Å². The standard InChI is InChI=1S/C12H21NO/c1-12(2,3)11(13-4)8-7-10-6-5-9-14-10/h5-6,9,11,13H,7-8H2,1-4H3. The normalized spacial score (nSPS) is 14.3. The van der Waals surface area contributed by atoms with Crippen molar-refractivity contribution in [2.75, 3.05) is 7.05 Å². The lowest BCUT2D eigenvalue weighted by Gasteiger charge is -2.30. The third-order valence-corrected chi connectivity index (χ3v) is 2.65. The molecule has 0 aliphatic carbocycles. The molecule has 1 aromatic heterocycles. The van der Waals surface area contributed by atoms with Gasteiger partial charge in [-0.2, -0.15) is 0 Å². The van der Waals surface area contributed by atoms with Crippen LogP contribution >= 0.6 is 0 Å². The quantitative estimate of drug-likeness (QED) is 0.799. The summed E-state index contributed by atoms with van der Waals surface area (Å²) in [6.45, 7) is 6.78. The van der Waals surface area contributed by atoms with E-state index >= 15 is 0 Å². The van der Waals surface area contributed by atoms with Crippen LogP contribution in [-0.2, 0) is 6.42 Å². The number of furan rings is 1. The van der Waals surface area contributed by atoms with Gasteiger partial charge < -0.3 is 9.73 Å². The lowest BCUT2D eigenvalue weighted by molar-refractivity contribution is 0.264. The van der Waals surface area contributed by atoms with Crippen molar-refractivity contribution in [3.05, 3.63) is 24.2 Å². The summed E-state index contributed by atoms with van der Waals surface area (Å²) in [7, 11) is 2.03. The molecule has 2 heteroatoms. The van der Waals surface area contributed by atoms with Crippen LogP contribution in [0.25, 0.3) is 0 Å². The maximum atomic E-state index is 5.31. The zero-order valence-corrected chi connectivity index (χ0v) is 9.63. The first kappa shape index (κ1) is 11.3. The zero-order valence-electron chi connectivity index (χ0n) is 9.63. The Balaban J connectivity index is 2.43. The molecule has 0 spiro atoms. The molecule has 0 saturated carbocycles. The van der Waals surface area contributed by atoms with Gasteiger partial charge in [0, 0.05) is 12.5 Å². The number of hydrogen-bond donors (Lipinski definition) is 1. The second-order valence-corrected chi connectivity index (χ2v) is 4.83. The van der Waals surface area contributed by atoms with Crippen LogP contribution in [0.4, 0.5) is 0 Å². The van der Waals surface area contributed by atoms with Gasteiger partial charge in [-0.1, -0.05) is 20.8 Å². The third kappa shape index (κ3) is 3.18. The van der Waals surface area contributed by atoms with Gasteiger partial charge in [0.25, 0.3) is 0 Å². The third-order valence-electron chi connectivity index (χ3n) is 2.65. The van der Waals surface area contributed by atoms with E-state index in [4.69, 9.17) is 4.42 Å². The molecular weight excluding hydrogens is 174 g/mol. The minimum atomic E-state index is 0.307. The summed E-state index contributed by atoms with van der Waals surface area (Å²) >= 11 is 0. The molecule has 0 bridgehead atoms. The highest BCUT2D eigenvalue weighted by Crippen LogP contribution is 2.22. The van der Waals surface area contributed by atoms with E-state index in [9.17, 15) is 0 Å². The summed E-state index contributed by atoms with van der Waals surface area (Å²) in [4.78, 5) is 0. The Morgan fingerprint density at radius 3 is 2.57 bits per heavy atom. The van der Waals surface area contributed by atoms with Crippen LogP contribution in [0, 0.1) is 5.41 Å². The number of hydrogen-bond acceptors (Lipinski definition) is 2. The van der Waals surface area contributed by atoms with Crippen LogP contribution in [-0.4, -0.2) is 13.1 Å². The lowest BCUT2D eigenvalue weighted by atomic mass is 9.84. The van der Waals surface area contributed by atoms with Crippen molar-refractivity contribution < 1.29 is 4.42 Å². The van der Waals surface area contributed by atoms with Crippen molar-refractivity contribution in [1.29, 1.82) is 0 Å². The molecule has 2 nitrogen and oxygen atoms in total.